The summed E-state index contributed by atoms with van der Waals surface area (Å²) in [6.07, 6.45) is 2.51. The third-order valence-corrected chi connectivity index (χ3v) is 3.77. The normalized spacial score (nSPS) is 15.6. The van der Waals surface area contributed by atoms with Gasteiger partial charge in [0.1, 0.15) is 0 Å². The average molecular weight is 229 g/mol. The molecule has 98 valence electrons. The number of hydrogen-bond acceptors (Lipinski definition) is 2. The predicted molar refractivity (Wildman–Crippen MR) is 71.5 cm³/mol. The van der Waals surface area contributed by atoms with Crippen LogP contribution in [0, 0.1) is 10.8 Å². The van der Waals surface area contributed by atoms with Gasteiger partial charge >= 0.3 is 0 Å². The summed E-state index contributed by atoms with van der Waals surface area (Å²) < 4.78 is 6.09. The molecule has 1 unspecified atom stereocenters. The molecule has 0 aliphatic rings. The highest BCUT2D eigenvalue weighted by Gasteiger charge is 2.39. The van der Waals surface area contributed by atoms with Crippen LogP contribution in [0.5, 0.6) is 0 Å². The highest BCUT2D eigenvalue weighted by molar-refractivity contribution is 4.89. The standard InChI is InChI=1S/C14H31NO/c1-8-13(4,5)12(14(6,7)9-2)16-10-11(3)15/h11-12H,8-10,15H2,1-7H3. The van der Waals surface area contributed by atoms with E-state index in [4.69, 9.17) is 10.5 Å². The highest BCUT2D eigenvalue weighted by Crippen LogP contribution is 2.40. The third-order valence-electron chi connectivity index (χ3n) is 3.77. The molecular formula is C14H31NO. The van der Waals surface area contributed by atoms with Gasteiger partial charge in [0, 0.05) is 6.04 Å². The fraction of sp³-hybridized carbons (Fsp3) is 1.00. The molecule has 2 N–H and O–H groups in total. The Morgan fingerprint density at radius 2 is 1.38 bits per heavy atom. The first-order valence-electron chi connectivity index (χ1n) is 6.54. The van der Waals surface area contributed by atoms with Crippen LogP contribution in [-0.2, 0) is 4.74 Å². The molecule has 0 rings (SSSR count). The molecule has 0 saturated heterocycles. The van der Waals surface area contributed by atoms with E-state index in [0.717, 1.165) is 12.8 Å². The van der Waals surface area contributed by atoms with Crippen molar-refractivity contribution < 1.29 is 4.74 Å². The van der Waals surface area contributed by atoms with Crippen molar-refractivity contribution in [3.05, 3.63) is 0 Å². The summed E-state index contributed by atoms with van der Waals surface area (Å²) in [5, 5.41) is 0. The number of hydrogen-bond donors (Lipinski definition) is 1. The highest BCUT2D eigenvalue weighted by atomic mass is 16.5. The van der Waals surface area contributed by atoms with E-state index in [1.54, 1.807) is 0 Å². The minimum atomic E-state index is 0.114. The van der Waals surface area contributed by atoms with Crippen molar-refractivity contribution in [2.24, 2.45) is 16.6 Å². The lowest BCUT2D eigenvalue weighted by molar-refractivity contribution is -0.0999. The Balaban J connectivity index is 4.77. The Morgan fingerprint density at radius 1 is 1.00 bits per heavy atom. The van der Waals surface area contributed by atoms with E-state index in [1.807, 2.05) is 6.92 Å². The van der Waals surface area contributed by atoms with Crippen LogP contribution in [0.1, 0.15) is 61.3 Å². The number of nitrogens with two attached hydrogens (primary N) is 1. The van der Waals surface area contributed by atoms with E-state index in [9.17, 15) is 0 Å². The summed E-state index contributed by atoms with van der Waals surface area (Å²) in [5.41, 5.74) is 6.19. The molecule has 2 nitrogen and oxygen atoms in total. The van der Waals surface area contributed by atoms with Crippen LogP contribution in [0.3, 0.4) is 0 Å². The molecule has 0 fully saturated rings. The molecule has 2 heteroatoms. The van der Waals surface area contributed by atoms with Crippen molar-refractivity contribution in [1.29, 1.82) is 0 Å². The molecule has 0 aliphatic carbocycles. The third kappa shape index (κ3) is 4.42. The summed E-state index contributed by atoms with van der Waals surface area (Å²) in [7, 11) is 0. The van der Waals surface area contributed by atoms with Crippen LogP contribution in [0.4, 0.5) is 0 Å². The summed E-state index contributed by atoms with van der Waals surface area (Å²) in [6, 6.07) is 0.114. The van der Waals surface area contributed by atoms with Crippen molar-refractivity contribution in [2.45, 2.75) is 73.5 Å². The zero-order valence-electron chi connectivity index (χ0n) is 12.3. The van der Waals surface area contributed by atoms with Gasteiger partial charge in [-0.1, -0.05) is 41.5 Å². The molecule has 0 radical (unpaired) electrons. The average Bonchev–Trinajstić information content (AvgIpc) is 2.17. The van der Waals surface area contributed by atoms with Gasteiger partial charge < -0.3 is 10.5 Å². The van der Waals surface area contributed by atoms with Crippen LogP contribution in [0.2, 0.25) is 0 Å². The zero-order chi connectivity index (χ0) is 13.0. The van der Waals surface area contributed by atoms with Gasteiger partial charge in [-0.25, -0.2) is 0 Å². The predicted octanol–water partition coefficient (Wildman–Crippen LogP) is 3.59. The van der Waals surface area contributed by atoms with Crippen LogP contribution < -0.4 is 5.73 Å². The van der Waals surface area contributed by atoms with Crippen molar-refractivity contribution in [3.8, 4) is 0 Å². The van der Waals surface area contributed by atoms with E-state index < -0.39 is 0 Å². The van der Waals surface area contributed by atoms with Crippen molar-refractivity contribution in [1.82, 2.24) is 0 Å². The lowest BCUT2D eigenvalue weighted by Crippen LogP contribution is -2.45. The van der Waals surface area contributed by atoms with E-state index in [2.05, 4.69) is 41.5 Å². The minimum Gasteiger partial charge on any atom is -0.376 e. The molecule has 0 aliphatic heterocycles. The lowest BCUT2D eigenvalue weighted by Gasteiger charge is -2.44. The van der Waals surface area contributed by atoms with Gasteiger partial charge in [-0.2, -0.15) is 0 Å². The van der Waals surface area contributed by atoms with Crippen LogP contribution in [0.15, 0.2) is 0 Å². The van der Waals surface area contributed by atoms with E-state index >= 15 is 0 Å². The second kappa shape index (κ2) is 6.02. The molecular weight excluding hydrogens is 198 g/mol. The van der Waals surface area contributed by atoms with Gasteiger partial charge in [0.2, 0.25) is 0 Å². The second-order valence-corrected chi connectivity index (χ2v) is 6.37. The van der Waals surface area contributed by atoms with Crippen LogP contribution >= 0.6 is 0 Å². The Kier molecular flexibility index (Phi) is 5.99. The molecule has 0 heterocycles. The van der Waals surface area contributed by atoms with Gasteiger partial charge in [0.05, 0.1) is 12.7 Å². The molecule has 0 spiro atoms. The fourth-order valence-electron chi connectivity index (χ4n) is 2.13. The quantitative estimate of drug-likeness (QED) is 0.724. The maximum absolute atomic E-state index is 6.09. The molecule has 0 aromatic rings. The first-order chi connectivity index (χ1) is 7.17. The summed E-state index contributed by atoms with van der Waals surface area (Å²) in [5.74, 6) is 0. The van der Waals surface area contributed by atoms with Crippen LogP contribution in [-0.4, -0.2) is 18.8 Å². The van der Waals surface area contributed by atoms with E-state index in [0.29, 0.717) is 6.61 Å². The van der Waals surface area contributed by atoms with Gasteiger partial charge in [-0.15, -0.1) is 0 Å². The van der Waals surface area contributed by atoms with Crippen molar-refractivity contribution in [2.75, 3.05) is 6.61 Å². The number of rotatable bonds is 7. The summed E-state index contributed by atoms with van der Waals surface area (Å²) in [6.45, 7) is 16.3. The van der Waals surface area contributed by atoms with Gasteiger partial charge in [-0.05, 0) is 30.6 Å². The summed E-state index contributed by atoms with van der Waals surface area (Å²) >= 11 is 0. The molecule has 16 heavy (non-hydrogen) atoms. The minimum absolute atomic E-state index is 0.114. The Bertz CT molecular complexity index is 181. The largest absolute Gasteiger partial charge is 0.376 e. The molecule has 0 saturated carbocycles. The lowest BCUT2D eigenvalue weighted by atomic mass is 9.69. The first kappa shape index (κ1) is 15.9. The molecule has 0 aromatic heterocycles. The van der Waals surface area contributed by atoms with Gasteiger partial charge in [0.25, 0.3) is 0 Å². The smallest absolute Gasteiger partial charge is 0.0677 e. The Hall–Kier alpha value is -0.0800. The summed E-state index contributed by atoms with van der Waals surface area (Å²) in [4.78, 5) is 0. The first-order valence-corrected chi connectivity index (χ1v) is 6.54. The van der Waals surface area contributed by atoms with Crippen molar-refractivity contribution in [3.63, 3.8) is 0 Å². The van der Waals surface area contributed by atoms with Crippen molar-refractivity contribution >= 4 is 0 Å². The SMILES string of the molecule is CCC(C)(C)C(OCC(C)N)C(C)(C)CC. The maximum atomic E-state index is 6.09. The molecule has 0 aromatic carbocycles. The topological polar surface area (TPSA) is 35.2 Å². The van der Waals surface area contributed by atoms with E-state index in [1.165, 1.54) is 0 Å². The maximum Gasteiger partial charge on any atom is 0.0677 e. The van der Waals surface area contributed by atoms with E-state index in [-0.39, 0.29) is 23.0 Å². The van der Waals surface area contributed by atoms with Crippen LogP contribution in [0.25, 0.3) is 0 Å². The molecule has 0 bridgehead atoms. The Morgan fingerprint density at radius 3 is 1.62 bits per heavy atom. The number of ether oxygens (including phenoxy) is 1. The fourth-order valence-corrected chi connectivity index (χ4v) is 2.13. The molecule has 0 amide bonds. The zero-order valence-corrected chi connectivity index (χ0v) is 12.3. The van der Waals surface area contributed by atoms with Gasteiger partial charge in [0.15, 0.2) is 0 Å². The monoisotopic (exact) mass is 229 g/mol. The Labute approximate surface area is 102 Å². The molecule has 1 atom stereocenters. The second-order valence-electron chi connectivity index (χ2n) is 6.37. The van der Waals surface area contributed by atoms with Gasteiger partial charge in [-0.3, -0.25) is 0 Å².